The lowest BCUT2D eigenvalue weighted by molar-refractivity contribution is 0.0678. The Morgan fingerprint density at radius 2 is 1.63 bits per heavy atom. The summed E-state index contributed by atoms with van der Waals surface area (Å²) in [6, 6.07) is 15.5. The van der Waals surface area contributed by atoms with Gasteiger partial charge in [0.1, 0.15) is 6.61 Å². The predicted octanol–water partition coefficient (Wildman–Crippen LogP) is 3.44. The summed E-state index contributed by atoms with van der Waals surface area (Å²) in [5.74, 6) is 0.123. The summed E-state index contributed by atoms with van der Waals surface area (Å²) >= 11 is 0. The van der Waals surface area contributed by atoms with Crippen LogP contribution in [0.25, 0.3) is 0 Å². The molecule has 0 spiro atoms. The first kappa shape index (κ1) is 19.1. The third-order valence-corrected chi connectivity index (χ3v) is 5.03. The molecule has 3 rings (SSSR count). The molecule has 0 aliphatic carbocycles. The highest BCUT2D eigenvalue weighted by molar-refractivity contribution is 5.97. The van der Waals surface area contributed by atoms with E-state index in [2.05, 4.69) is 4.90 Å². The average Bonchev–Trinajstić information content (AvgIpc) is 2.69. The molecular formula is C22H26N2O3. The molecule has 27 heavy (non-hydrogen) atoms. The SMILES string of the molecule is Cc1ccc(C(=O)CN2CCN(C(=O)OCc3ccccc3)CC2)cc1C. The third kappa shape index (κ3) is 5.17. The molecule has 0 unspecified atom stereocenters. The van der Waals surface area contributed by atoms with Gasteiger partial charge in [0.2, 0.25) is 0 Å². The number of piperazine rings is 1. The molecule has 5 nitrogen and oxygen atoms in total. The first-order valence-electron chi connectivity index (χ1n) is 9.31. The largest absolute Gasteiger partial charge is 0.445 e. The van der Waals surface area contributed by atoms with Crippen LogP contribution in [0.2, 0.25) is 0 Å². The van der Waals surface area contributed by atoms with E-state index in [1.807, 2.05) is 62.4 Å². The molecule has 0 N–H and O–H groups in total. The summed E-state index contributed by atoms with van der Waals surface area (Å²) in [6.07, 6.45) is -0.293. The fourth-order valence-corrected chi connectivity index (χ4v) is 3.11. The molecule has 1 saturated heterocycles. The standard InChI is InChI=1S/C22H26N2O3/c1-17-8-9-20(14-18(17)2)21(25)15-23-10-12-24(13-11-23)22(26)27-16-19-6-4-3-5-7-19/h3-9,14H,10-13,15-16H2,1-2H3. The number of hydrogen-bond acceptors (Lipinski definition) is 4. The van der Waals surface area contributed by atoms with Crippen molar-refractivity contribution in [3.63, 3.8) is 0 Å². The van der Waals surface area contributed by atoms with Gasteiger partial charge in [-0.2, -0.15) is 0 Å². The minimum atomic E-state index is -0.293. The number of carbonyl (C=O) groups is 2. The Morgan fingerprint density at radius 3 is 2.30 bits per heavy atom. The first-order valence-corrected chi connectivity index (χ1v) is 9.31. The smallest absolute Gasteiger partial charge is 0.410 e. The van der Waals surface area contributed by atoms with E-state index in [0.717, 1.165) is 16.7 Å². The Labute approximate surface area is 160 Å². The van der Waals surface area contributed by atoms with Crippen molar-refractivity contribution < 1.29 is 14.3 Å². The predicted molar refractivity (Wildman–Crippen MR) is 105 cm³/mol. The highest BCUT2D eigenvalue weighted by atomic mass is 16.6. The second-order valence-electron chi connectivity index (χ2n) is 7.03. The van der Waals surface area contributed by atoms with Crippen molar-refractivity contribution in [2.24, 2.45) is 0 Å². The highest BCUT2D eigenvalue weighted by Gasteiger charge is 2.23. The number of aryl methyl sites for hydroxylation is 2. The normalized spacial score (nSPS) is 14.8. The topological polar surface area (TPSA) is 49.9 Å². The molecular weight excluding hydrogens is 340 g/mol. The minimum Gasteiger partial charge on any atom is -0.445 e. The molecule has 1 amide bonds. The minimum absolute atomic E-state index is 0.123. The van der Waals surface area contributed by atoms with Crippen LogP contribution in [0.1, 0.15) is 27.0 Å². The van der Waals surface area contributed by atoms with Crippen LogP contribution in [0.4, 0.5) is 4.79 Å². The summed E-state index contributed by atoms with van der Waals surface area (Å²) in [5.41, 5.74) is 4.05. The van der Waals surface area contributed by atoms with Crippen LogP contribution in [-0.2, 0) is 11.3 Å². The maximum Gasteiger partial charge on any atom is 0.410 e. The number of ketones is 1. The lowest BCUT2D eigenvalue weighted by Crippen LogP contribution is -2.50. The van der Waals surface area contributed by atoms with Crippen LogP contribution in [0.3, 0.4) is 0 Å². The molecule has 0 atom stereocenters. The van der Waals surface area contributed by atoms with Crippen LogP contribution in [0.15, 0.2) is 48.5 Å². The number of ether oxygens (including phenoxy) is 1. The van der Waals surface area contributed by atoms with E-state index in [0.29, 0.717) is 32.7 Å². The number of rotatable bonds is 5. The van der Waals surface area contributed by atoms with Gasteiger partial charge in [-0.3, -0.25) is 9.69 Å². The van der Waals surface area contributed by atoms with Crippen LogP contribution in [0.5, 0.6) is 0 Å². The van der Waals surface area contributed by atoms with Crippen molar-refractivity contribution in [2.45, 2.75) is 20.5 Å². The van der Waals surface area contributed by atoms with Crippen molar-refractivity contribution in [3.8, 4) is 0 Å². The van der Waals surface area contributed by atoms with Gasteiger partial charge in [0.25, 0.3) is 0 Å². The molecule has 2 aromatic carbocycles. The average molecular weight is 366 g/mol. The lowest BCUT2D eigenvalue weighted by Gasteiger charge is -2.33. The third-order valence-electron chi connectivity index (χ3n) is 5.03. The molecule has 1 heterocycles. The van der Waals surface area contributed by atoms with Crippen molar-refractivity contribution in [1.82, 2.24) is 9.80 Å². The summed E-state index contributed by atoms with van der Waals surface area (Å²) in [4.78, 5) is 28.5. The lowest BCUT2D eigenvalue weighted by atomic mass is 10.0. The number of Topliss-reactive ketones (excluding diaryl/α,β-unsaturated/α-hetero) is 1. The summed E-state index contributed by atoms with van der Waals surface area (Å²) in [6.45, 7) is 7.24. The van der Waals surface area contributed by atoms with E-state index >= 15 is 0 Å². The van der Waals surface area contributed by atoms with Crippen LogP contribution in [-0.4, -0.2) is 54.4 Å². The number of amides is 1. The number of carbonyl (C=O) groups excluding carboxylic acids is 2. The Hall–Kier alpha value is -2.66. The fraction of sp³-hybridized carbons (Fsp3) is 0.364. The van der Waals surface area contributed by atoms with Gasteiger partial charge in [-0.15, -0.1) is 0 Å². The molecule has 1 aliphatic heterocycles. The maximum absolute atomic E-state index is 12.5. The number of benzene rings is 2. The second-order valence-corrected chi connectivity index (χ2v) is 7.03. The molecule has 142 valence electrons. The van der Waals surface area contributed by atoms with E-state index in [1.54, 1.807) is 4.90 Å². The van der Waals surface area contributed by atoms with E-state index in [-0.39, 0.29) is 18.5 Å². The van der Waals surface area contributed by atoms with Gasteiger partial charge in [0, 0.05) is 31.7 Å². The maximum atomic E-state index is 12.5. The zero-order valence-electron chi connectivity index (χ0n) is 16.0. The van der Waals surface area contributed by atoms with Crippen molar-refractivity contribution >= 4 is 11.9 Å². The Bertz CT molecular complexity index is 796. The van der Waals surface area contributed by atoms with Crippen molar-refractivity contribution in [1.29, 1.82) is 0 Å². The molecule has 1 aliphatic rings. The van der Waals surface area contributed by atoms with E-state index in [4.69, 9.17) is 4.74 Å². The van der Waals surface area contributed by atoms with Crippen LogP contribution in [0, 0.1) is 13.8 Å². The highest BCUT2D eigenvalue weighted by Crippen LogP contribution is 2.12. The molecule has 0 radical (unpaired) electrons. The van der Waals surface area contributed by atoms with Gasteiger partial charge in [-0.25, -0.2) is 4.79 Å². The van der Waals surface area contributed by atoms with Gasteiger partial charge < -0.3 is 9.64 Å². The summed E-state index contributed by atoms with van der Waals surface area (Å²) in [5, 5.41) is 0. The molecule has 5 heteroatoms. The van der Waals surface area contributed by atoms with Crippen LogP contribution >= 0.6 is 0 Å². The fourth-order valence-electron chi connectivity index (χ4n) is 3.11. The molecule has 0 saturated carbocycles. The quantitative estimate of drug-likeness (QED) is 0.761. The number of hydrogen-bond donors (Lipinski definition) is 0. The van der Waals surface area contributed by atoms with Crippen LogP contribution < -0.4 is 0 Å². The van der Waals surface area contributed by atoms with Gasteiger partial charge in [-0.05, 0) is 36.6 Å². The van der Waals surface area contributed by atoms with Crippen molar-refractivity contribution in [3.05, 3.63) is 70.8 Å². The van der Waals surface area contributed by atoms with Gasteiger partial charge in [0.05, 0.1) is 6.54 Å². The molecule has 2 aromatic rings. The van der Waals surface area contributed by atoms with E-state index in [1.165, 1.54) is 5.56 Å². The first-order chi connectivity index (χ1) is 13.0. The van der Waals surface area contributed by atoms with Gasteiger partial charge >= 0.3 is 6.09 Å². The molecule has 0 aromatic heterocycles. The van der Waals surface area contributed by atoms with Gasteiger partial charge in [-0.1, -0.05) is 42.5 Å². The van der Waals surface area contributed by atoms with E-state index < -0.39 is 0 Å². The van der Waals surface area contributed by atoms with Gasteiger partial charge in [0.15, 0.2) is 5.78 Å². The summed E-state index contributed by atoms with van der Waals surface area (Å²) in [7, 11) is 0. The second kappa shape index (κ2) is 8.82. The van der Waals surface area contributed by atoms with Crippen molar-refractivity contribution in [2.75, 3.05) is 32.7 Å². The Kier molecular flexibility index (Phi) is 6.24. The van der Waals surface area contributed by atoms with E-state index in [9.17, 15) is 9.59 Å². The zero-order valence-corrected chi connectivity index (χ0v) is 16.0. The monoisotopic (exact) mass is 366 g/mol. The number of nitrogens with zero attached hydrogens (tertiary/aromatic N) is 2. The Balaban J connectivity index is 1.44. The molecule has 1 fully saturated rings. The molecule has 0 bridgehead atoms. The Morgan fingerprint density at radius 1 is 0.926 bits per heavy atom. The zero-order chi connectivity index (χ0) is 19.2. The summed E-state index contributed by atoms with van der Waals surface area (Å²) < 4.78 is 5.38.